The third-order valence-corrected chi connectivity index (χ3v) is 3.09. The maximum atomic E-state index is 11.8. The van der Waals surface area contributed by atoms with Crippen LogP contribution in [-0.4, -0.2) is 33.8 Å². The van der Waals surface area contributed by atoms with Gasteiger partial charge < -0.3 is 4.90 Å². The molecule has 1 aliphatic rings. The Kier molecular flexibility index (Phi) is 3.89. The lowest BCUT2D eigenvalue weighted by Crippen LogP contribution is -2.25. The first-order chi connectivity index (χ1) is 9.08. The van der Waals surface area contributed by atoms with Gasteiger partial charge >= 0.3 is 0 Å². The molecular formula is C13H15N3O3. The van der Waals surface area contributed by atoms with Gasteiger partial charge in [0, 0.05) is 25.2 Å². The van der Waals surface area contributed by atoms with Crippen molar-refractivity contribution in [3.63, 3.8) is 0 Å². The third-order valence-electron chi connectivity index (χ3n) is 3.09. The summed E-state index contributed by atoms with van der Waals surface area (Å²) in [7, 11) is 0. The van der Waals surface area contributed by atoms with Crippen LogP contribution in [0.5, 0.6) is 0 Å². The fourth-order valence-electron chi connectivity index (χ4n) is 2.06. The Balaban J connectivity index is 2.08. The van der Waals surface area contributed by atoms with Gasteiger partial charge in [-0.3, -0.25) is 14.9 Å². The molecule has 0 aliphatic carbocycles. The first-order valence-electron chi connectivity index (χ1n) is 6.17. The third kappa shape index (κ3) is 3.15. The van der Waals surface area contributed by atoms with Gasteiger partial charge in [-0.25, -0.2) is 4.98 Å². The molecule has 0 N–H and O–H groups in total. The Morgan fingerprint density at radius 3 is 2.68 bits per heavy atom. The number of aromatic nitrogens is 1. The van der Waals surface area contributed by atoms with Crippen LogP contribution in [0.25, 0.3) is 6.08 Å². The minimum atomic E-state index is -0.467. The number of likely N-dealkylation sites (tertiary alicyclic amines) is 1. The second kappa shape index (κ2) is 5.60. The zero-order valence-corrected chi connectivity index (χ0v) is 10.7. The highest BCUT2D eigenvalue weighted by atomic mass is 16.6. The highest BCUT2D eigenvalue weighted by Crippen LogP contribution is 2.16. The van der Waals surface area contributed by atoms with E-state index in [0.717, 1.165) is 25.9 Å². The monoisotopic (exact) mass is 261 g/mol. The number of amides is 1. The number of rotatable bonds is 3. The van der Waals surface area contributed by atoms with E-state index in [1.54, 1.807) is 24.0 Å². The Bertz CT molecular complexity index is 534. The predicted molar refractivity (Wildman–Crippen MR) is 70.5 cm³/mol. The Morgan fingerprint density at radius 2 is 2.11 bits per heavy atom. The molecular weight excluding hydrogens is 246 g/mol. The molecule has 0 atom stereocenters. The van der Waals surface area contributed by atoms with Crippen LogP contribution in [-0.2, 0) is 4.79 Å². The van der Waals surface area contributed by atoms with Crippen LogP contribution in [0.2, 0.25) is 0 Å². The van der Waals surface area contributed by atoms with Crippen molar-refractivity contribution >= 4 is 17.7 Å². The number of carbonyl (C=O) groups is 1. The first kappa shape index (κ1) is 13.2. The average molecular weight is 261 g/mol. The van der Waals surface area contributed by atoms with E-state index in [9.17, 15) is 14.9 Å². The van der Waals surface area contributed by atoms with Gasteiger partial charge in [0.1, 0.15) is 5.69 Å². The van der Waals surface area contributed by atoms with E-state index >= 15 is 0 Å². The van der Waals surface area contributed by atoms with Crippen LogP contribution in [0.3, 0.4) is 0 Å². The molecule has 1 aromatic heterocycles. The predicted octanol–water partition coefficient (Wildman–Crippen LogP) is 1.93. The van der Waals surface area contributed by atoms with Gasteiger partial charge in [0.05, 0.1) is 10.6 Å². The standard InChI is InChI=1S/C13H15N3O3/c1-10-12(16(18)19)6-4-11(14-10)5-7-13(17)15-8-2-3-9-15/h4-7H,2-3,8-9H2,1H3. The average Bonchev–Trinajstić information content (AvgIpc) is 2.89. The van der Waals surface area contributed by atoms with Crippen LogP contribution in [0, 0.1) is 17.0 Å². The molecule has 0 saturated carbocycles. The number of nitro groups is 1. The summed E-state index contributed by atoms with van der Waals surface area (Å²) in [5.41, 5.74) is 0.888. The maximum Gasteiger partial charge on any atom is 0.290 e. The minimum Gasteiger partial charge on any atom is -0.339 e. The Morgan fingerprint density at radius 1 is 1.42 bits per heavy atom. The highest BCUT2D eigenvalue weighted by molar-refractivity contribution is 5.91. The molecule has 0 aromatic carbocycles. The molecule has 0 bridgehead atoms. The summed E-state index contributed by atoms with van der Waals surface area (Å²) in [4.78, 5) is 27.9. The van der Waals surface area contributed by atoms with Crippen molar-refractivity contribution in [2.75, 3.05) is 13.1 Å². The highest BCUT2D eigenvalue weighted by Gasteiger charge is 2.15. The van der Waals surface area contributed by atoms with Crippen molar-refractivity contribution in [3.8, 4) is 0 Å². The van der Waals surface area contributed by atoms with E-state index < -0.39 is 4.92 Å². The normalized spacial score (nSPS) is 15.1. The summed E-state index contributed by atoms with van der Waals surface area (Å²) >= 11 is 0. The van der Waals surface area contributed by atoms with Crippen LogP contribution in [0.4, 0.5) is 5.69 Å². The second-order valence-electron chi connectivity index (χ2n) is 4.46. The summed E-state index contributed by atoms with van der Waals surface area (Å²) in [6, 6.07) is 2.95. The molecule has 1 aromatic rings. The zero-order chi connectivity index (χ0) is 13.8. The molecule has 6 heteroatoms. The quantitative estimate of drug-likeness (QED) is 0.473. The zero-order valence-electron chi connectivity index (χ0n) is 10.7. The van der Waals surface area contributed by atoms with Crippen LogP contribution < -0.4 is 0 Å². The lowest BCUT2D eigenvalue weighted by Gasteiger charge is -2.11. The molecule has 0 radical (unpaired) electrons. The number of carbonyl (C=O) groups excluding carboxylic acids is 1. The molecule has 1 saturated heterocycles. The first-order valence-corrected chi connectivity index (χ1v) is 6.17. The SMILES string of the molecule is Cc1nc(C=CC(=O)N2CCCC2)ccc1[N+](=O)[O-]. The van der Waals surface area contributed by atoms with Gasteiger partial charge in [0.25, 0.3) is 5.69 Å². The van der Waals surface area contributed by atoms with Gasteiger partial charge in [-0.2, -0.15) is 0 Å². The summed E-state index contributed by atoms with van der Waals surface area (Å²) in [6.45, 7) is 3.18. The fraction of sp³-hybridized carbons (Fsp3) is 0.385. The minimum absolute atomic E-state index is 0.0111. The van der Waals surface area contributed by atoms with Crippen molar-refractivity contribution in [1.29, 1.82) is 0 Å². The van der Waals surface area contributed by atoms with E-state index in [-0.39, 0.29) is 11.6 Å². The second-order valence-corrected chi connectivity index (χ2v) is 4.46. The molecule has 0 unspecified atom stereocenters. The molecule has 100 valence electrons. The van der Waals surface area contributed by atoms with Crippen molar-refractivity contribution in [2.45, 2.75) is 19.8 Å². The van der Waals surface area contributed by atoms with Gasteiger partial charge in [-0.15, -0.1) is 0 Å². The number of hydrogen-bond acceptors (Lipinski definition) is 4. The molecule has 1 amide bonds. The smallest absolute Gasteiger partial charge is 0.290 e. The molecule has 19 heavy (non-hydrogen) atoms. The summed E-state index contributed by atoms with van der Waals surface area (Å²) in [6.07, 6.45) is 5.17. The van der Waals surface area contributed by atoms with Gasteiger partial charge in [-0.1, -0.05) is 0 Å². The van der Waals surface area contributed by atoms with Crippen LogP contribution >= 0.6 is 0 Å². The van der Waals surface area contributed by atoms with Gasteiger partial charge in [-0.05, 0) is 31.9 Å². The van der Waals surface area contributed by atoms with Crippen LogP contribution in [0.1, 0.15) is 24.2 Å². The van der Waals surface area contributed by atoms with Crippen molar-refractivity contribution in [3.05, 3.63) is 39.7 Å². The lowest BCUT2D eigenvalue weighted by atomic mass is 10.2. The molecule has 1 aliphatic heterocycles. The topological polar surface area (TPSA) is 76.3 Å². The number of aryl methyl sites for hydroxylation is 1. The summed E-state index contributed by atoms with van der Waals surface area (Å²) < 4.78 is 0. The molecule has 2 rings (SSSR count). The van der Waals surface area contributed by atoms with Crippen molar-refractivity contribution in [1.82, 2.24) is 9.88 Å². The molecule has 1 fully saturated rings. The number of nitrogens with zero attached hydrogens (tertiary/aromatic N) is 3. The molecule has 0 spiro atoms. The van der Waals surface area contributed by atoms with E-state index in [4.69, 9.17) is 0 Å². The summed E-state index contributed by atoms with van der Waals surface area (Å²) in [5.74, 6) is -0.0321. The van der Waals surface area contributed by atoms with E-state index in [0.29, 0.717) is 11.4 Å². The number of hydrogen-bond donors (Lipinski definition) is 0. The summed E-state index contributed by atoms with van der Waals surface area (Å²) in [5, 5.41) is 10.7. The van der Waals surface area contributed by atoms with Crippen molar-refractivity contribution < 1.29 is 9.72 Å². The van der Waals surface area contributed by atoms with E-state index in [1.165, 1.54) is 12.1 Å². The fourth-order valence-corrected chi connectivity index (χ4v) is 2.06. The Labute approximate surface area is 110 Å². The van der Waals surface area contributed by atoms with Gasteiger partial charge in [0.2, 0.25) is 5.91 Å². The van der Waals surface area contributed by atoms with E-state index in [1.807, 2.05) is 0 Å². The number of pyridine rings is 1. The van der Waals surface area contributed by atoms with Gasteiger partial charge in [0.15, 0.2) is 0 Å². The maximum absolute atomic E-state index is 11.8. The van der Waals surface area contributed by atoms with Crippen LogP contribution in [0.15, 0.2) is 18.2 Å². The Hall–Kier alpha value is -2.24. The molecule has 2 heterocycles. The van der Waals surface area contributed by atoms with Crippen molar-refractivity contribution in [2.24, 2.45) is 0 Å². The molecule has 6 nitrogen and oxygen atoms in total. The largest absolute Gasteiger partial charge is 0.339 e. The lowest BCUT2D eigenvalue weighted by molar-refractivity contribution is -0.385. The van der Waals surface area contributed by atoms with E-state index in [2.05, 4.69) is 4.98 Å².